The summed E-state index contributed by atoms with van der Waals surface area (Å²) in [5.41, 5.74) is 7.26. The number of halogens is 2. The van der Waals surface area contributed by atoms with Gasteiger partial charge in [-0.25, -0.2) is 8.78 Å². The standard InChI is InChI=1S/C27H26F2N2O5/c1-33-10-4-11-34-24(32)14-17-5-2-3-6-23(17)36-16-18-13-21(27-20(25(18)28)8-12-35-27)19-7-9-31-22(15-30)26(19)29/h2-3,5-9,12-13H,4,10-11,14-16,30H2,1H3. The minimum Gasteiger partial charge on any atom is -0.488 e. The summed E-state index contributed by atoms with van der Waals surface area (Å²) in [6.07, 6.45) is 3.39. The van der Waals surface area contributed by atoms with Crippen LogP contribution in [0.25, 0.3) is 22.1 Å². The zero-order valence-electron chi connectivity index (χ0n) is 19.8. The van der Waals surface area contributed by atoms with E-state index in [0.29, 0.717) is 29.9 Å². The van der Waals surface area contributed by atoms with Gasteiger partial charge in [0.05, 0.1) is 30.4 Å². The van der Waals surface area contributed by atoms with Crippen molar-refractivity contribution in [3.05, 3.63) is 83.4 Å². The molecule has 0 aliphatic rings. The van der Waals surface area contributed by atoms with Crippen LogP contribution < -0.4 is 10.5 Å². The average molecular weight is 497 g/mol. The molecular formula is C27H26F2N2O5. The second kappa shape index (κ2) is 11.7. The molecule has 4 rings (SSSR count). The third-order valence-electron chi connectivity index (χ3n) is 5.64. The SMILES string of the molecule is COCCCOC(=O)Cc1ccccc1OCc1cc(-c2ccnc(CN)c2F)c2occc2c1F. The molecule has 2 heterocycles. The van der Waals surface area contributed by atoms with E-state index in [0.717, 1.165) is 0 Å². The minimum absolute atomic E-state index is 0.00173. The van der Waals surface area contributed by atoms with Crippen LogP contribution in [0, 0.1) is 11.6 Å². The van der Waals surface area contributed by atoms with Gasteiger partial charge in [-0.3, -0.25) is 9.78 Å². The molecule has 0 aliphatic heterocycles. The number of hydrogen-bond donors (Lipinski definition) is 1. The quantitative estimate of drug-likeness (QED) is 0.232. The predicted molar refractivity (Wildman–Crippen MR) is 129 cm³/mol. The van der Waals surface area contributed by atoms with Gasteiger partial charge in [0.1, 0.15) is 23.8 Å². The lowest BCUT2D eigenvalue weighted by atomic mass is 9.99. The summed E-state index contributed by atoms with van der Waals surface area (Å²) in [7, 11) is 1.58. The molecule has 36 heavy (non-hydrogen) atoms. The molecular weight excluding hydrogens is 470 g/mol. The van der Waals surface area contributed by atoms with E-state index in [1.54, 1.807) is 31.4 Å². The van der Waals surface area contributed by atoms with Crippen LogP contribution in [0.4, 0.5) is 8.78 Å². The molecule has 0 fully saturated rings. The van der Waals surface area contributed by atoms with E-state index in [4.69, 9.17) is 24.4 Å². The van der Waals surface area contributed by atoms with Crippen LogP contribution in [0.3, 0.4) is 0 Å². The second-order valence-corrected chi connectivity index (χ2v) is 8.02. The Morgan fingerprint density at radius 2 is 1.89 bits per heavy atom. The molecule has 7 nitrogen and oxygen atoms in total. The van der Waals surface area contributed by atoms with Gasteiger partial charge in [0, 0.05) is 55.1 Å². The highest BCUT2D eigenvalue weighted by atomic mass is 19.1. The van der Waals surface area contributed by atoms with Crippen molar-refractivity contribution in [3.63, 3.8) is 0 Å². The van der Waals surface area contributed by atoms with Crippen LogP contribution in [-0.4, -0.2) is 31.3 Å². The maximum atomic E-state index is 15.3. The summed E-state index contributed by atoms with van der Waals surface area (Å²) >= 11 is 0. The number of ether oxygens (including phenoxy) is 3. The Kier molecular flexibility index (Phi) is 8.24. The largest absolute Gasteiger partial charge is 0.488 e. The normalized spacial score (nSPS) is 11.1. The summed E-state index contributed by atoms with van der Waals surface area (Å²) in [4.78, 5) is 16.2. The molecule has 4 aromatic rings. The fraction of sp³-hybridized carbons (Fsp3) is 0.259. The Morgan fingerprint density at radius 3 is 2.69 bits per heavy atom. The summed E-state index contributed by atoms with van der Waals surface area (Å²) < 4.78 is 51.9. The first-order chi connectivity index (χ1) is 17.5. The van der Waals surface area contributed by atoms with E-state index in [-0.39, 0.29) is 54.0 Å². The molecule has 0 amide bonds. The minimum atomic E-state index is -0.592. The number of benzene rings is 2. The molecule has 0 saturated carbocycles. The van der Waals surface area contributed by atoms with Crippen molar-refractivity contribution in [1.29, 1.82) is 0 Å². The monoisotopic (exact) mass is 496 g/mol. The van der Waals surface area contributed by atoms with Crippen LogP contribution in [0.2, 0.25) is 0 Å². The Morgan fingerprint density at radius 1 is 1.06 bits per heavy atom. The third-order valence-corrected chi connectivity index (χ3v) is 5.64. The smallest absolute Gasteiger partial charge is 0.310 e. The summed E-state index contributed by atoms with van der Waals surface area (Å²) in [5.74, 6) is -1.11. The number of furan rings is 1. The first kappa shape index (κ1) is 25.3. The number of esters is 1. The van der Waals surface area contributed by atoms with Gasteiger partial charge in [0.2, 0.25) is 0 Å². The van der Waals surface area contributed by atoms with Gasteiger partial charge in [0.25, 0.3) is 0 Å². The highest BCUT2D eigenvalue weighted by Crippen LogP contribution is 2.35. The molecule has 188 valence electrons. The van der Waals surface area contributed by atoms with Crippen LogP contribution in [0.5, 0.6) is 5.75 Å². The zero-order chi connectivity index (χ0) is 25.5. The molecule has 0 spiro atoms. The number of carbonyl (C=O) groups is 1. The van der Waals surface area contributed by atoms with E-state index in [1.807, 2.05) is 0 Å². The summed E-state index contributed by atoms with van der Waals surface area (Å²) in [6, 6.07) is 11.4. The van der Waals surface area contributed by atoms with Crippen molar-refractivity contribution in [2.24, 2.45) is 5.73 Å². The average Bonchev–Trinajstić information content (AvgIpc) is 3.38. The number of rotatable bonds is 11. The number of nitrogens with zero attached hydrogens (tertiary/aromatic N) is 1. The number of carbonyl (C=O) groups excluding carboxylic acids is 1. The highest BCUT2D eigenvalue weighted by Gasteiger charge is 2.20. The maximum Gasteiger partial charge on any atom is 0.310 e. The van der Waals surface area contributed by atoms with Crippen LogP contribution in [-0.2, 0) is 33.8 Å². The van der Waals surface area contributed by atoms with Crippen molar-refractivity contribution in [2.75, 3.05) is 20.3 Å². The fourth-order valence-corrected chi connectivity index (χ4v) is 3.85. The molecule has 0 atom stereocenters. The highest BCUT2D eigenvalue weighted by molar-refractivity contribution is 5.93. The zero-order valence-corrected chi connectivity index (χ0v) is 19.8. The van der Waals surface area contributed by atoms with Crippen molar-refractivity contribution >= 4 is 16.9 Å². The maximum absolute atomic E-state index is 15.3. The van der Waals surface area contributed by atoms with Gasteiger partial charge in [-0.15, -0.1) is 0 Å². The molecule has 2 aromatic carbocycles. The predicted octanol–water partition coefficient (Wildman–Crippen LogP) is 4.93. The first-order valence-electron chi connectivity index (χ1n) is 11.4. The molecule has 2 aromatic heterocycles. The van der Waals surface area contributed by atoms with Crippen molar-refractivity contribution < 1.29 is 32.2 Å². The fourth-order valence-electron chi connectivity index (χ4n) is 3.85. The number of para-hydroxylation sites is 1. The number of nitrogens with two attached hydrogens (primary N) is 1. The van der Waals surface area contributed by atoms with Gasteiger partial charge < -0.3 is 24.4 Å². The summed E-state index contributed by atoms with van der Waals surface area (Å²) in [5, 5.41) is 0.199. The first-order valence-corrected chi connectivity index (χ1v) is 11.4. The van der Waals surface area contributed by atoms with E-state index in [9.17, 15) is 4.79 Å². The summed E-state index contributed by atoms with van der Waals surface area (Å²) in [6.45, 7) is 0.518. The molecule has 9 heteroatoms. The molecule has 0 radical (unpaired) electrons. The lowest BCUT2D eigenvalue weighted by molar-refractivity contribution is -0.143. The Labute approximate surface area is 206 Å². The van der Waals surface area contributed by atoms with Crippen LogP contribution in [0.15, 0.2) is 59.3 Å². The number of methoxy groups -OCH3 is 1. The van der Waals surface area contributed by atoms with Gasteiger partial charge >= 0.3 is 5.97 Å². The lowest BCUT2D eigenvalue weighted by Gasteiger charge is -2.14. The molecule has 0 aliphatic carbocycles. The van der Waals surface area contributed by atoms with Crippen molar-refractivity contribution in [3.8, 4) is 16.9 Å². The number of pyridine rings is 1. The van der Waals surface area contributed by atoms with Crippen molar-refractivity contribution in [2.45, 2.75) is 26.0 Å². The van der Waals surface area contributed by atoms with Crippen molar-refractivity contribution in [1.82, 2.24) is 4.98 Å². The number of aromatic nitrogens is 1. The topological polar surface area (TPSA) is 96.8 Å². The van der Waals surface area contributed by atoms with Gasteiger partial charge in [-0.2, -0.15) is 0 Å². The third kappa shape index (κ3) is 5.53. The number of hydrogen-bond acceptors (Lipinski definition) is 7. The Balaban J connectivity index is 1.58. The molecule has 2 N–H and O–H groups in total. The molecule has 0 bridgehead atoms. The lowest BCUT2D eigenvalue weighted by Crippen LogP contribution is -2.11. The van der Waals surface area contributed by atoms with Gasteiger partial charge in [0.15, 0.2) is 5.82 Å². The van der Waals surface area contributed by atoms with Crippen LogP contribution >= 0.6 is 0 Å². The molecule has 0 saturated heterocycles. The van der Waals surface area contributed by atoms with Gasteiger partial charge in [-0.1, -0.05) is 18.2 Å². The Hall–Kier alpha value is -3.82. The second-order valence-electron chi connectivity index (χ2n) is 8.02. The van der Waals surface area contributed by atoms with E-state index in [1.165, 1.54) is 30.7 Å². The van der Waals surface area contributed by atoms with E-state index in [2.05, 4.69) is 4.98 Å². The van der Waals surface area contributed by atoms with Crippen LogP contribution in [0.1, 0.15) is 23.2 Å². The van der Waals surface area contributed by atoms with Gasteiger partial charge in [-0.05, 0) is 24.3 Å². The van der Waals surface area contributed by atoms with E-state index >= 15 is 8.78 Å². The number of fused-ring (bicyclic) bond motifs is 1. The van der Waals surface area contributed by atoms with E-state index < -0.39 is 17.6 Å². The molecule has 0 unspecified atom stereocenters. The Bertz CT molecular complexity index is 1360.